The summed E-state index contributed by atoms with van der Waals surface area (Å²) in [4.78, 5) is 9.08. The molecule has 4 nitrogen and oxygen atoms in total. The number of nitrogens with zero attached hydrogens (tertiary/aromatic N) is 4. The van der Waals surface area contributed by atoms with Crippen molar-refractivity contribution in [2.75, 3.05) is 0 Å². The molecule has 8 aromatic carbocycles. The number of hydrogen-bond acceptors (Lipinski definition) is 4. The van der Waals surface area contributed by atoms with Gasteiger partial charge < -0.3 is 0 Å². The van der Waals surface area contributed by atoms with E-state index in [1.54, 1.807) is 24.5 Å². The maximum Gasteiger partial charge on any atom is 0.0992 e. The van der Waals surface area contributed by atoms with E-state index in [0.717, 1.165) is 33.6 Å². The van der Waals surface area contributed by atoms with Crippen LogP contribution in [0.15, 0.2) is 182 Å². The molecule has 4 heteroatoms. The lowest BCUT2D eigenvalue weighted by molar-refractivity contribution is 1.31. The Bertz CT molecular complexity index is 2920. The van der Waals surface area contributed by atoms with Gasteiger partial charge in [-0.2, -0.15) is 10.5 Å². The van der Waals surface area contributed by atoms with Gasteiger partial charge in [0.15, 0.2) is 0 Å². The van der Waals surface area contributed by atoms with Crippen molar-refractivity contribution in [1.82, 2.24) is 9.97 Å². The first kappa shape index (κ1) is 32.7. The van der Waals surface area contributed by atoms with E-state index in [4.69, 9.17) is 0 Å². The van der Waals surface area contributed by atoms with E-state index < -0.39 is 0 Å². The summed E-state index contributed by atoms with van der Waals surface area (Å²) in [5.41, 5.74) is 11.7. The number of pyridine rings is 2. The smallest absolute Gasteiger partial charge is 0.0992 e. The summed E-state index contributed by atoms with van der Waals surface area (Å²) < 4.78 is 0. The molecule has 258 valence electrons. The normalized spacial score (nSPS) is 11.2. The van der Waals surface area contributed by atoms with Gasteiger partial charge in [-0.1, -0.05) is 146 Å². The molecule has 2 heterocycles. The Labute approximate surface area is 323 Å². The Kier molecular flexibility index (Phi) is 7.88. The molecule has 0 saturated heterocycles. The molecule has 0 N–H and O–H groups in total. The molecule has 0 amide bonds. The highest BCUT2D eigenvalue weighted by Crippen LogP contribution is 2.50. The zero-order chi connectivity index (χ0) is 37.6. The first-order chi connectivity index (χ1) is 27.7. The second kappa shape index (κ2) is 13.5. The lowest BCUT2D eigenvalue weighted by Crippen LogP contribution is -1.95. The van der Waals surface area contributed by atoms with Gasteiger partial charge in [-0.05, 0) is 101 Å². The van der Waals surface area contributed by atoms with Crippen molar-refractivity contribution in [3.05, 3.63) is 193 Å². The maximum atomic E-state index is 9.46. The van der Waals surface area contributed by atoms with Crippen molar-refractivity contribution in [2.45, 2.75) is 0 Å². The Morgan fingerprint density at radius 2 is 0.571 bits per heavy atom. The van der Waals surface area contributed by atoms with Gasteiger partial charge in [0.25, 0.3) is 0 Å². The van der Waals surface area contributed by atoms with Gasteiger partial charge in [-0.15, -0.1) is 0 Å². The van der Waals surface area contributed by atoms with E-state index in [1.165, 1.54) is 65.3 Å². The fourth-order valence-corrected chi connectivity index (χ4v) is 8.35. The fraction of sp³-hybridized carbons (Fsp3) is 0. The zero-order valence-electron chi connectivity index (χ0n) is 30.1. The Balaban J connectivity index is 1.21. The second-order valence-electron chi connectivity index (χ2n) is 13.9. The maximum absolute atomic E-state index is 9.46. The first-order valence-electron chi connectivity index (χ1n) is 18.5. The summed E-state index contributed by atoms with van der Waals surface area (Å²) in [6.07, 6.45) is 3.38. The van der Waals surface area contributed by atoms with Crippen LogP contribution in [0.2, 0.25) is 0 Å². The summed E-state index contributed by atoms with van der Waals surface area (Å²) in [5.74, 6) is 0. The summed E-state index contributed by atoms with van der Waals surface area (Å²) in [7, 11) is 0. The van der Waals surface area contributed by atoms with Crippen LogP contribution in [0.5, 0.6) is 0 Å². The topological polar surface area (TPSA) is 73.4 Å². The average molecular weight is 711 g/mol. The summed E-state index contributed by atoms with van der Waals surface area (Å²) in [6, 6.07) is 63.8. The minimum absolute atomic E-state index is 0.592. The standard InChI is InChI=1S/C52H30N4/c53-31-33-25-27-55-47(29-33)35-17-21-37(22-18-35)49-39-9-1-5-13-43(39)51(44-14-6-2-10-40(44)49)52-45-15-7-3-11-41(45)50(42-12-4-8-16-46(42)52)38-23-19-36(20-24-38)48-30-34(32-54)26-28-56-48/h1-30H. The molecule has 0 saturated carbocycles. The highest BCUT2D eigenvalue weighted by molar-refractivity contribution is 6.30. The highest BCUT2D eigenvalue weighted by Gasteiger charge is 2.22. The lowest BCUT2D eigenvalue weighted by atomic mass is 9.81. The molecule has 56 heavy (non-hydrogen) atoms. The zero-order valence-corrected chi connectivity index (χ0v) is 30.1. The Hall–Kier alpha value is -7.92. The summed E-state index contributed by atoms with van der Waals surface area (Å²) >= 11 is 0. The minimum Gasteiger partial charge on any atom is -0.256 e. The SMILES string of the molecule is N#Cc1ccnc(-c2ccc(-c3c4ccccc4c(-c4c5ccccc5c(-c5ccc(-c6cc(C#N)ccn6)cc5)c5ccccc45)c4ccccc34)cc2)c1. The third kappa shape index (κ3) is 5.37. The molecule has 2 aromatic heterocycles. The molecular weight excluding hydrogens is 681 g/mol. The molecule has 0 unspecified atom stereocenters. The van der Waals surface area contributed by atoms with Crippen LogP contribution in [-0.4, -0.2) is 9.97 Å². The molecule has 0 aliphatic heterocycles. The van der Waals surface area contributed by atoms with Gasteiger partial charge in [0.2, 0.25) is 0 Å². The largest absolute Gasteiger partial charge is 0.256 e. The highest BCUT2D eigenvalue weighted by atomic mass is 14.7. The molecule has 10 rings (SSSR count). The number of nitriles is 2. The third-order valence-electron chi connectivity index (χ3n) is 10.8. The van der Waals surface area contributed by atoms with Crippen LogP contribution < -0.4 is 0 Å². The van der Waals surface area contributed by atoms with E-state index in [9.17, 15) is 10.5 Å². The molecule has 0 bridgehead atoms. The molecule has 0 aliphatic carbocycles. The molecule has 0 spiro atoms. The monoisotopic (exact) mass is 710 g/mol. The van der Waals surface area contributed by atoms with Crippen LogP contribution >= 0.6 is 0 Å². The van der Waals surface area contributed by atoms with Gasteiger partial charge in [-0.3, -0.25) is 9.97 Å². The fourth-order valence-electron chi connectivity index (χ4n) is 8.35. The van der Waals surface area contributed by atoms with Crippen LogP contribution in [-0.2, 0) is 0 Å². The molecule has 0 radical (unpaired) electrons. The van der Waals surface area contributed by atoms with Crippen molar-refractivity contribution in [3.8, 4) is 68.0 Å². The lowest BCUT2D eigenvalue weighted by Gasteiger charge is -2.22. The predicted octanol–water partition coefficient (Wildman–Crippen LogP) is 13.2. The van der Waals surface area contributed by atoms with Gasteiger partial charge in [-0.25, -0.2) is 0 Å². The third-order valence-corrected chi connectivity index (χ3v) is 10.8. The molecule has 10 aromatic rings. The van der Waals surface area contributed by atoms with Crippen LogP contribution in [0.1, 0.15) is 11.1 Å². The quantitative estimate of drug-likeness (QED) is 0.167. The van der Waals surface area contributed by atoms with E-state index >= 15 is 0 Å². The number of hydrogen-bond donors (Lipinski definition) is 0. The molecule has 0 fully saturated rings. The van der Waals surface area contributed by atoms with Gasteiger partial charge in [0.05, 0.1) is 34.7 Å². The molecule has 0 aliphatic rings. The van der Waals surface area contributed by atoms with Gasteiger partial charge >= 0.3 is 0 Å². The average Bonchev–Trinajstić information content (AvgIpc) is 3.28. The van der Waals surface area contributed by atoms with Crippen LogP contribution in [0, 0.1) is 22.7 Å². The minimum atomic E-state index is 0.592. The van der Waals surface area contributed by atoms with Crippen LogP contribution in [0.25, 0.3) is 99.0 Å². The number of aromatic nitrogens is 2. The van der Waals surface area contributed by atoms with E-state index in [0.29, 0.717) is 11.1 Å². The first-order valence-corrected chi connectivity index (χ1v) is 18.5. The second-order valence-corrected chi connectivity index (χ2v) is 13.9. The summed E-state index contributed by atoms with van der Waals surface area (Å²) in [5, 5.41) is 28.4. The molecular formula is C52H30N4. The van der Waals surface area contributed by atoms with Crippen molar-refractivity contribution in [3.63, 3.8) is 0 Å². The van der Waals surface area contributed by atoms with Crippen molar-refractivity contribution in [2.24, 2.45) is 0 Å². The van der Waals surface area contributed by atoms with Crippen molar-refractivity contribution >= 4 is 43.1 Å². The predicted molar refractivity (Wildman–Crippen MR) is 229 cm³/mol. The van der Waals surface area contributed by atoms with E-state index in [-0.39, 0.29) is 0 Å². The van der Waals surface area contributed by atoms with E-state index in [2.05, 4.69) is 168 Å². The van der Waals surface area contributed by atoms with E-state index in [1.807, 2.05) is 12.1 Å². The van der Waals surface area contributed by atoms with Crippen LogP contribution in [0.4, 0.5) is 0 Å². The van der Waals surface area contributed by atoms with Gasteiger partial charge in [0.1, 0.15) is 0 Å². The van der Waals surface area contributed by atoms with Gasteiger partial charge in [0, 0.05) is 23.5 Å². The Morgan fingerprint density at radius 3 is 0.857 bits per heavy atom. The summed E-state index contributed by atoms with van der Waals surface area (Å²) in [6.45, 7) is 0. The number of rotatable bonds is 5. The van der Waals surface area contributed by atoms with Crippen LogP contribution in [0.3, 0.4) is 0 Å². The number of benzene rings is 8. The number of fused-ring (bicyclic) bond motifs is 4. The van der Waals surface area contributed by atoms with Crippen molar-refractivity contribution < 1.29 is 0 Å². The van der Waals surface area contributed by atoms with Crippen molar-refractivity contribution in [1.29, 1.82) is 10.5 Å². The Morgan fingerprint density at radius 1 is 0.304 bits per heavy atom. The molecule has 0 atom stereocenters.